The molecule has 0 unspecified atom stereocenters. The van der Waals surface area contributed by atoms with Gasteiger partial charge in [-0.15, -0.1) is 0 Å². The summed E-state index contributed by atoms with van der Waals surface area (Å²) in [5.41, 5.74) is 0. The first kappa shape index (κ1) is 22.9. The van der Waals surface area contributed by atoms with Gasteiger partial charge in [0.05, 0.1) is 19.1 Å². The molecule has 0 radical (unpaired) electrons. The second kappa shape index (κ2) is 9.56. The van der Waals surface area contributed by atoms with E-state index in [1.807, 2.05) is 11.9 Å². The van der Waals surface area contributed by atoms with Gasteiger partial charge in [-0.1, -0.05) is 6.92 Å². The Labute approximate surface area is 180 Å². The van der Waals surface area contributed by atoms with Crippen LogP contribution in [-0.4, -0.2) is 63.9 Å². The molecule has 1 saturated heterocycles. The topological polar surface area (TPSA) is 76.2 Å². The molecule has 0 N–H and O–H groups in total. The van der Waals surface area contributed by atoms with E-state index in [1.165, 1.54) is 43.5 Å². The Balaban J connectivity index is 1.62. The molecule has 1 saturated carbocycles. The summed E-state index contributed by atoms with van der Waals surface area (Å²) in [5.74, 6) is 1.67. The summed E-state index contributed by atoms with van der Waals surface area (Å²) in [6, 6.07) is 4.94. The molecule has 7 nitrogen and oxygen atoms in total. The van der Waals surface area contributed by atoms with Crippen LogP contribution in [0.3, 0.4) is 0 Å². The monoisotopic (exact) mass is 438 g/mol. The van der Waals surface area contributed by atoms with E-state index in [-0.39, 0.29) is 16.7 Å². The second-order valence-corrected chi connectivity index (χ2v) is 10.5. The number of nitrogens with zero attached hydrogens (tertiary/aromatic N) is 2. The zero-order valence-corrected chi connectivity index (χ0v) is 19.3. The molecule has 2 aliphatic rings. The number of piperidine rings is 1. The third-order valence-corrected chi connectivity index (χ3v) is 8.57. The zero-order chi connectivity index (χ0) is 21.9. The smallest absolute Gasteiger partial charge is 0.243 e. The van der Waals surface area contributed by atoms with Crippen molar-refractivity contribution >= 4 is 15.9 Å². The van der Waals surface area contributed by atoms with Gasteiger partial charge in [-0.3, -0.25) is 4.79 Å². The van der Waals surface area contributed by atoms with E-state index in [0.29, 0.717) is 43.5 Å². The highest BCUT2D eigenvalue weighted by Gasteiger charge is 2.35. The maximum atomic E-state index is 13.1. The number of hydrogen-bond donors (Lipinski definition) is 0. The number of hydrogen-bond acceptors (Lipinski definition) is 5. The Bertz CT molecular complexity index is 841. The molecule has 0 bridgehead atoms. The van der Waals surface area contributed by atoms with Crippen molar-refractivity contribution in [3.63, 3.8) is 0 Å². The number of sulfonamides is 1. The highest BCUT2D eigenvalue weighted by Crippen LogP contribution is 2.33. The molecule has 1 aliphatic carbocycles. The number of ether oxygens (including phenoxy) is 2. The van der Waals surface area contributed by atoms with Crippen LogP contribution in [0.4, 0.5) is 0 Å². The largest absolute Gasteiger partial charge is 0.493 e. The molecule has 168 valence electrons. The molecule has 30 heavy (non-hydrogen) atoms. The van der Waals surface area contributed by atoms with Gasteiger partial charge in [0.1, 0.15) is 0 Å². The second-order valence-electron chi connectivity index (χ2n) is 8.56. The van der Waals surface area contributed by atoms with Gasteiger partial charge in [0.25, 0.3) is 0 Å². The highest BCUT2D eigenvalue weighted by atomic mass is 32.2. The van der Waals surface area contributed by atoms with Gasteiger partial charge >= 0.3 is 0 Å². The minimum absolute atomic E-state index is 0.105. The highest BCUT2D eigenvalue weighted by molar-refractivity contribution is 7.89. The third kappa shape index (κ3) is 4.75. The molecule has 3 rings (SSSR count). The van der Waals surface area contributed by atoms with Crippen LogP contribution in [0, 0.1) is 11.8 Å². The Morgan fingerprint density at radius 1 is 1.00 bits per heavy atom. The zero-order valence-electron chi connectivity index (χ0n) is 18.5. The summed E-state index contributed by atoms with van der Waals surface area (Å²) in [4.78, 5) is 15.1. The first-order chi connectivity index (χ1) is 14.3. The minimum atomic E-state index is -3.64. The van der Waals surface area contributed by atoms with Gasteiger partial charge in [-0.05, 0) is 56.6 Å². The quantitative estimate of drug-likeness (QED) is 0.682. The van der Waals surface area contributed by atoms with Crippen molar-refractivity contribution in [2.45, 2.75) is 56.4 Å². The Morgan fingerprint density at radius 2 is 1.60 bits per heavy atom. The van der Waals surface area contributed by atoms with Gasteiger partial charge in [0.15, 0.2) is 11.5 Å². The van der Waals surface area contributed by atoms with Crippen LogP contribution in [0.15, 0.2) is 23.1 Å². The van der Waals surface area contributed by atoms with Gasteiger partial charge in [-0.2, -0.15) is 4.31 Å². The normalized spacial score (nSPS) is 23.7. The van der Waals surface area contributed by atoms with Gasteiger partial charge in [0.2, 0.25) is 15.9 Å². The Hall–Kier alpha value is -1.80. The molecule has 8 heteroatoms. The number of benzene rings is 1. The third-order valence-electron chi connectivity index (χ3n) is 6.68. The average molecular weight is 439 g/mol. The number of rotatable bonds is 6. The molecule has 0 aromatic heterocycles. The van der Waals surface area contributed by atoms with E-state index >= 15 is 0 Å². The fourth-order valence-corrected chi connectivity index (χ4v) is 6.05. The fourth-order valence-electron chi connectivity index (χ4n) is 4.57. The number of amides is 1. The Kier molecular flexibility index (Phi) is 7.29. The van der Waals surface area contributed by atoms with E-state index in [9.17, 15) is 13.2 Å². The first-order valence-electron chi connectivity index (χ1n) is 10.8. The van der Waals surface area contributed by atoms with E-state index in [2.05, 4.69) is 6.92 Å². The lowest BCUT2D eigenvalue weighted by molar-refractivity contribution is -0.138. The summed E-state index contributed by atoms with van der Waals surface area (Å²) >= 11 is 0. The van der Waals surface area contributed by atoms with Crippen LogP contribution < -0.4 is 9.47 Å². The van der Waals surface area contributed by atoms with Gasteiger partial charge in [-0.25, -0.2) is 8.42 Å². The molecule has 1 amide bonds. The van der Waals surface area contributed by atoms with Crippen molar-refractivity contribution in [3.8, 4) is 11.5 Å². The molecule has 1 aromatic carbocycles. The molecule has 1 aromatic rings. The lowest BCUT2D eigenvalue weighted by Gasteiger charge is -2.37. The van der Waals surface area contributed by atoms with E-state index in [4.69, 9.17) is 9.47 Å². The van der Waals surface area contributed by atoms with E-state index in [0.717, 1.165) is 18.8 Å². The summed E-state index contributed by atoms with van der Waals surface area (Å²) in [6.45, 7) is 2.97. The summed E-state index contributed by atoms with van der Waals surface area (Å²) in [6.07, 6.45) is 5.58. The fraction of sp³-hybridized carbons (Fsp3) is 0.682. The van der Waals surface area contributed by atoms with Crippen molar-refractivity contribution in [1.29, 1.82) is 0 Å². The van der Waals surface area contributed by atoms with Crippen molar-refractivity contribution < 1.29 is 22.7 Å². The van der Waals surface area contributed by atoms with E-state index in [1.54, 1.807) is 6.07 Å². The van der Waals surface area contributed by atoms with Crippen LogP contribution in [0.25, 0.3) is 0 Å². The van der Waals surface area contributed by atoms with Crippen LogP contribution in [0.1, 0.15) is 45.4 Å². The van der Waals surface area contributed by atoms with Crippen LogP contribution in [0.2, 0.25) is 0 Å². The lowest BCUT2D eigenvalue weighted by atomic mass is 9.86. The van der Waals surface area contributed by atoms with Crippen molar-refractivity contribution in [1.82, 2.24) is 9.21 Å². The van der Waals surface area contributed by atoms with Crippen LogP contribution in [0.5, 0.6) is 11.5 Å². The molecular formula is C22H34N2O5S. The number of methoxy groups -OCH3 is 2. The summed E-state index contributed by atoms with van der Waals surface area (Å²) in [5, 5.41) is 0. The Morgan fingerprint density at radius 3 is 2.17 bits per heavy atom. The summed E-state index contributed by atoms with van der Waals surface area (Å²) < 4.78 is 38.1. The average Bonchev–Trinajstić information content (AvgIpc) is 2.78. The lowest BCUT2D eigenvalue weighted by Crippen LogP contribution is -2.46. The molecule has 0 spiro atoms. The SMILES string of the molecule is COc1ccc(S(=O)(=O)N2CCC(C(=O)N(C)C3CCC(C)CC3)CC2)cc1OC. The van der Waals surface area contributed by atoms with Crippen molar-refractivity contribution in [2.75, 3.05) is 34.4 Å². The standard InChI is InChI=1S/C22H34N2O5S/c1-16-5-7-18(8-6-16)23(2)22(25)17-11-13-24(14-12-17)30(26,27)19-9-10-20(28-3)21(15-19)29-4/h9-10,15-18H,5-8,11-14H2,1-4H3. The summed E-state index contributed by atoms with van der Waals surface area (Å²) in [7, 11) is 1.26. The van der Waals surface area contributed by atoms with E-state index < -0.39 is 10.0 Å². The predicted molar refractivity (Wildman–Crippen MR) is 115 cm³/mol. The predicted octanol–water partition coefficient (Wildman–Crippen LogP) is 3.14. The van der Waals surface area contributed by atoms with Crippen molar-refractivity contribution in [3.05, 3.63) is 18.2 Å². The van der Waals surface area contributed by atoms with Gasteiger partial charge in [0, 0.05) is 38.2 Å². The molecule has 1 heterocycles. The maximum Gasteiger partial charge on any atom is 0.243 e. The molecular weight excluding hydrogens is 404 g/mol. The molecule has 1 aliphatic heterocycles. The van der Waals surface area contributed by atoms with Crippen molar-refractivity contribution in [2.24, 2.45) is 11.8 Å². The van der Waals surface area contributed by atoms with Crippen LogP contribution >= 0.6 is 0 Å². The first-order valence-corrected chi connectivity index (χ1v) is 12.2. The molecule has 0 atom stereocenters. The minimum Gasteiger partial charge on any atom is -0.493 e. The molecule has 2 fully saturated rings. The number of carbonyl (C=O) groups excluding carboxylic acids is 1. The number of carbonyl (C=O) groups is 1. The van der Waals surface area contributed by atoms with Crippen LogP contribution in [-0.2, 0) is 14.8 Å². The maximum absolute atomic E-state index is 13.1. The van der Waals surface area contributed by atoms with Gasteiger partial charge < -0.3 is 14.4 Å².